The third-order valence-corrected chi connectivity index (χ3v) is 4.17. The molecule has 128 valence electrons. The molecular weight excluding hydrogens is 313 g/mol. The van der Waals surface area contributed by atoms with Crippen molar-refractivity contribution in [1.29, 1.82) is 0 Å². The van der Waals surface area contributed by atoms with Gasteiger partial charge in [-0.25, -0.2) is 4.39 Å². The average Bonchev–Trinajstić information content (AvgIpc) is 2.61. The van der Waals surface area contributed by atoms with E-state index >= 15 is 0 Å². The van der Waals surface area contributed by atoms with E-state index in [-0.39, 0.29) is 11.9 Å². The van der Waals surface area contributed by atoms with Crippen molar-refractivity contribution < 1.29 is 4.39 Å². The number of hydrogen-bond acceptors (Lipinski definition) is 3. The van der Waals surface area contributed by atoms with E-state index in [1.54, 1.807) is 6.20 Å². The zero-order chi connectivity index (χ0) is 17.8. The summed E-state index contributed by atoms with van der Waals surface area (Å²) in [7, 11) is 0. The Hall–Kier alpha value is -2.72. The minimum atomic E-state index is -0.293. The van der Waals surface area contributed by atoms with Crippen molar-refractivity contribution in [3.05, 3.63) is 83.4 Å². The van der Waals surface area contributed by atoms with Gasteiger partial charge in [-0.2, -0.15) is 0 Å². The fourth-order valence-electron chi connectivity index (χ4n) is 2.95. The lowest BCUT2D eigenvalue weighted by Gasteiger charge is -2.20. The number of pyridine rings is 1. The molecule has 0 unspecified atom stereocenters. The summed E-state index contributed by atoms with van der Waals surface area (Å²) in [6.45, 7) is 4.56. The van der Waals surface area contributed by atoms with Crippen molar-refractivity contribution in [1.82, 2.24) is 4.98 Å². The van der Waals surface area contributed by atoms with Gasteiger partial charge < -0.3 is 11.1 Å². The summed E-state index contributed by atoms with van der Waals surface area (Å²) >= 11 is 0. The van der Waals surface area contributed by atoms with Crippen LogP contribution in [0.3, 0.4) is 0 Å². The number of aryl methyl sites for hydroxylation is 1. The molecule has 3 N–H and O–H groups in total. The molecule has 0 aliphatic heterocycles. The SMILES string of the molecule is Cc1cc(-c2cnccc2F)c(NCc2ccccc2)c([C@@H](C)N)c1. The van der Waals surface area contributed by atoms with Crippen LogP contribution in [0.2, 0.25) is 0 Å². The molecule has 1 aromatic heterocycles. The van der Waals surface area contributed by atoms with E-state index in [1.165, 1.54) is 12.3 Å². The summed E-state index contributed by atoms with van der Waals surface area (Å²) in [6.07, 6.45) is 3.01. The van der Waals surface area contributed by atoms with Crippen LogP contribution in [0.1, 0.15) is 29.7 Å². The lowest BCUT2D eigenvalue weighted by molar-refractivity contribution is 0.629. The zero-order valence-corrected chi connectivity index (χ0v) is 14.5. The fourth-order valence-corrected chi connectivity index (χ4v) is 2.95. The normalized spacial score (nSPS) is 12.0. The predicted molar refractivity (Wildman–Crippen MR) is 101 cm³/mol. The largest absolute Gasteiger partial charge is 0.380 e. The van der Waals surface area contributed by atoms with Crippen LogP contribution in [0.5, 0.6) is 0 Å². The fraction of sp³-hybridized carbons (Fsp3) is 0.190. The van der Waals surface area contributed by atoms with E-state index in [0.717, 1.165) is 27.9 Å². The summed E-state index contributed by atoms with van der Waals surface area (Å²) in [5.41, 5.74) is 11.5. The van der Waals surface area contributed by atoms with Gasteiger partial charge in [-0.15, -0.1) is 0 Å². The molecule has 1 heterocycles. The Morgan fingerprint density at radius 1 is 1.12 bits per heavy atom. The van der Waals surface area contributed by atoms with Gasteiger partial charge in [0.25, 0.3) is 0 Å². The van der Waals surface area contributed by atoms with Crippen molar-refractivity contribution in [3.8, 4) is 11.1 Å². The molecule has 0 saturated heterocycles. The van der Waals surface area contributed by atoms with Crippen LogP contribution in [0.15, 0.2) is 60.9 Å². The summed E-state index contributed by atoms with van der Waals surface area (Å²) in [5, 5.41) is 3.46. The molecule has 4 heteroatoms. The highest BCUT2D eigenvalue weighted by Crippen LogP contribution is 2.36. The summed E-state index contributed by atoms with van der Waals surface area (Å²) in [5.74, 6) is -0.293. The number of rotatable bonds is 5. The minimum absolute atomic E-state index is 0.170. The molecule has 0 aliphatic carbocycles. The van der Waals surface area contributed by atoms with E-state index in [4.69, 9.17) is 5.73 Å². The van der Waals surface area contributed by atoms with Gasteiger partial charge in [0.15, 0.2) is 0 Å². The van der Waals surface area contributed by atoms with Gasteiger partial charge in [0.05, 0.1) is 0 Å². The van der Waals surface area contributed by atoms with Crippen molar-refractivity contribution in [3.63, 3.8) is 0 Å². The van der Waals surface area contributed by atoms with Crippen molar-refractivity contribution in [2.45, 2.75) is 26.4 Å². The van der Waals surface area contributed by atoms with Gasteiger partial charge >= 0.3 is 0 Å². The Morgan fingerprint density at radius 2 is 1.88 bits per heavy atom. The van der Waals surface area contributed by atoms with E-state index in [1.807, 2.05) is 38.1 Å². The molecule has 0 spiro atoms. The maximum Gasteiger partial charge on any atom is 0.134 e. The molecule has 0 radical (unpaired) electrons. The van der Waals surface area contributed by atoms with Crippen LogP contribution in [0.25, 0.3) is 11.1 Å². The minimum Gasteiger partial charge on any atom is -0.380 e. The van der Waals surface area contributed by atoms with Crippen LogP contribution in [0, 0.1) is 12.7 Å². The lowest BCUT2D eigenvalue weighted by atomic mass is 9.94. The molecule has 0 aliphatic rings. The van der Waals surface area contributed by atoms with Crippen molar-refractivity contribution >= 4 is 5.69 Å². The van der Waals surface area contributed by atoms with Gasteiger partial charge in [-0.1, -0.05) is 42.0 Å². The number of nitrogens with zero attached hydrogens (tertiary/aromatic N) is 1. The first-order chi connectivity index (χ1) is 12.1. The van der Waals surface area contributed by atoms with Gasteiger partial charge in [0, 0.05) is 41.8 Å². The molecule has 1 atom stereocenters. The van der Waals surface area contributed by atoms with Crippen LogP contribution >= 0.6 is 0 Å². The summed E-state index contributed by atoms with van der Waals surface area (Å²) in [6, 6.07) is 15.3. The number of anilines is 1. The number of hydrogen-bond donors (Lipinski definition) is 2. The second-order valence-corrected chi connectivity index (χ2v) is 6.26. The second kappa shape index (κ2) is 7.45. The van der Waals surface area contributed by atoms with Gasteiger partial charge in [0.1, 0.15) is 5.82 Å². The maximum absolute atomic E-state index is 14.4. The Morgan fingerprint density at radius 3 is 2.56 bits per heavy atom. The van der Waals surface area contributed by atoms with Crippen molar-refractivity contribution in [2.24, 2.45) is 5.73 Å². The van der Waals surface area contributed by atoms with Crippen LogP contribution in [-0.2, 0) is 6.54 Å². The molecule has 25 heavy (non-hydrogen) atoms. The van der Waals surface area contributed by atoms with Gasteiger partial charge in [0.2, 0.25) is 0 Å². The molecule has 3 nitrogen and oxygen atoms in total. The molecule has 3 rings (SSSR count). The lowest BCUT2D eigenvalue weighted by Crippen LogP contribution is -2.12. The van der Waals surface area contributed by atoms with Crippen LogP contribution in [-0.4, -0.2) is 4.98 Å². The molecule has 0 fully saturated rings. The number of benzene rings is 2. The first-order valence-electron chi connectivity index (χ1n) is 8.34. The van der Waals surface area contributed by atoms with Crippen molar-refractivity contribution in [2.75, 3.05) is 5.32 Å². The Labute approximate surface area is 147 Å². The standard InChI is InChI=1S/C21H22FN3/c1-14-10-17(15(2)23)21(25-12-16-6-4-3-5-7-16)18(11-14)19-13-24-9-8-20(19)22/h3-11,13,15,25H,12,23H2,1-2H3/t15-/m1/s1. The van der Waals surface area contributed by atoms with E-state index in [2.05, 4.69) is 28.5 Å². The number of aromatic nitrogens is 1. The Balaban J connectivity index is 2.08. The predicted octanol–water partition coefficient (Wildman–Crippen LogP) is 4.83. The number of halogens is 1. The van der Waals surface area contributed by atoms with E-state index in [0.29, 0.717) is 12.1 Å². The van der Waals surface area contributed by atoms with E-state index in [9.17, 15) is 4.39 Å². The van der Waals surface area contributed by atoms with Gasteiger partial charge in [-0.3, -0.25) is 4.98 Å². The first kappa shape index (κ1) is 17.1. The highest BCUT2D eigenvalue weighted by Gasteiger charge is 2.16. The molecular formula is C21H22FN3. The highest BCUT2D eigenvalue weighted by atomic mass is 19.1. The topological polar surface area (TPSA) is 50.9 Å². The van der Waals surface area contributed by atoms with Crippen LogP contribution < -0.4 is 11.1 Å². The molecule has 2 aromatic carbocycles. The zero-order valence-electron chi connectivity index (χ0n) is 14.5. The highest BCUT2D eigenvalue weighted by molar-refractivity contribution is 5.81. The number of nitrogens with one attached hydrogen (secondary N) is 1. The average molecular weight is 335 g/mol. The molecule has 0 bridgehead atoms. The quantitative estimate of drug-likeness (QED) is 0.702. The third kappa shape index (κ3) is 3.86. The summed E-state index contributed by atoms with van der Waals surface area (Å²) in [4.78, 5) is 4.09. The second-order valence-electron chi connectivity index (χ2n) is 6.26. The smallest absolute Gasteiger partial charge is 0.134 e. The summed E-state index contributed by atoms with van der Waals surface area (Å²) < 4.78 is 14.4. The molecule has 0 amide bonds. The van der Waals surface area contributed by atoms with Gasteiger partial charge in [-0.05, 0) is 37.1 Å². The first-order valence-corrected chi connectivity index (χ1v) is 8.34. The third-order valence-electron chi connectivity index (χ3n) is 4.17. The Kier molecular flexibility index (Phi) is 5.10. The number of nitrogens with two attached hydrogens (primary N) is 1. The maximum atomic E-state index is 14.4. The van der Waals surface area contributed by atoms with Crippen LogP contribution in [0.4, 0.5) is 10.1 Å². The Bertz CT molecular complexity index is 860. The molecule has 3 aromatic rings. The molecule has 0 saturated carbocycles. The van der Waals surface area contributed by atoms with E-state index < -0.39 is 0 Å². The monoisotopic (exact) mass is 335 g/mol.